The number of hydrogen-bond acceptors (Lipinski definition) is 4. The van der Waals surface area contributed by atoms with Gasteiger partial charge in [0.1, 0.15) is 4.21 Å². The topological polar surface area (TPSA) is 63.2 Å². The van der Waals surface area contributed by atoms with E-state index in [9.17, 15) is 13.2 Å². The molecule has 1 amide bonds. The van der Waals surface area contributed by atoms with Crippen molar-refractivity contribution in [3.8, 4) is 0 Å². The zero-order chi connectivity index (χ0) is 13.6. The molecular formula is C12H14ClNO3S2. The van der Waals surface area contributed by atoms with Crippen LogP contribution in [0.2, 0.25) is 0 Å². The van der Waals surface area contributed by atoms with Crippen LogP contribution in [0.3, 0.4) is 0 Å². The van der Waals surface area contributed by atoms with Crippen LogP contribution in [-0.4, -0.2) is 20.4 Å². The number of thiophene rings is 1. The second kappa shape index (κ2) is 4.75. The van der Waals surface area contributed by atoms with E-state index in [-0.39, 0.29) is 16.2 Å². The molecule has 3 rings (SSSR count). The van der Waals surface area contributed by atoms with Crippen LogP contribution in [0.15, 0.2) is 15.7 Å². The summed E-state index contributed by atoms with van der Waals surface area (Å²) in [5, 5.41) is 4.59. The van der Waals surface area contributed by atoms with Crippen molar-refractivity contribution in [3.63, 3.8) is 0 Å². The van der Waals surface area contributed by atoms with E-state index >= 15 is 0 Å². The number of carbonyl (C=O) groups excluding carboxylic acids is 1. The lowest BCUT2D eigenvalue weighted by Gasteiger charge is -2.16. The van der Waals surface area contributed by atoms with Gasteiger partial charge in [0, 0.05) is 22.1 Å². The largest absolute Gasteiger partial charge is 0.349 e. The fraction of sp³-hybridized carbons (Fsp3) is 0.583. The van der Waals surface area contributed by atoms with E-state index < -0.39 is 9.05 Å². The molecule has 0 atom stereocenters. The van der Waals surface area contributed by atoms with E-state index in [2.05, 4.69) is 5.32 Å². The molecule has 0 radical (unpaired) electrons. The van der Waals surface area contributed by atoms with E-state index in [1.165, 1.54) is 31.7 Å². The van der Waals surface area contributed by atoms with Gasteiger partial charge in [-0.15, -0.1) is 11.3 Å². The highest BCUT2D eigenvalue weighted by Crippen LogP contribution is 2.44. The third kappa shape index (κ3) is 3.12. The standard InChI is InChI=1S/C12H14ClNO3S2/c13-19(16,17)10-5-9(6-18-10)12(15)14-11(7-1-2-7)8-3-4-8/h5-8,11H,1-4H2,(H,14,15). The first-order valence-corrected chi connectivity index (χ1v) is 9.48. The van der Waals surface area contributed by atoms with Gasteiger partial charge in [-0.2, -0.15) is 0 Å². The lowest BCUT2D eigenvalue weighted by atomic mass is 10.1. The third-order valence-corrected chi connectivity index (χ3v) is 6.68. The Hall–Kier alpha value is -0.590. The van der Waals surface area contributed by atoms with Crippen LogP contribution >= 0.6 is 22.0 Å². The SMILES string of the molecule is O=C(NC(C1CC1)C1CC1)c1csc(S(=O)(=O)Cl)c1. The van der Waals surface area contributed by atoms with E-state index in [4.69, 9.17) is 10.7 Å². The van der Waals surface area contributed by atoms with Crippen LogP contribution in [0.1, 0.15) is 36.0 Å². The molecule has 2 saturated carbocycles. The van der Waals surface area contributed by atoms with Gasteiger partial charge < -0.3 is 5.32 Å². The Morgan fingerprint density at radius 3 is 2.32 bits per heavy atom. The summed E-state index contributed by atoms with van der Waals surface area (Å²) in [5.41, 5.74) is 0.385. The first kappa shape index (κ1) is 13.4. The molecule has 4 nitrogen and oxygen atoms in total. The minimum Gasteiger partial charge on any atom is -0.349 e. The van der Waals surface area contributed by atoms with Crippen LogP contribution in [0, 0.1) is 11.8 Å². The Bertz CT molecular complexity index is 590. The molecule has 2 aliphatic carbocycles. The van der Waals surface area contributed by atoms with Gasteiger partial charge in [-0.05, 0) is 43.6 Å². The molecule has 1 aromatic rings. The molecule has 0 bridgehead atoms. The lowest BCUT2D eigenvalue weighted by molar-refractivity contribution is 0.0926. The lowest BCUT2D eigenvalue weighted by Crippen LogP contribution is -2.37. The van der Waals surface area contributed by atoms with Crippen LogP contribution in [0.5, 0.6) is 0 Å². The summed E-state index contributed by atoms with van der Waals surface area (Å²) in [4.78, 5) is 12.1. The van der Waals surface area contributed by atoms with E-state index in [1.807, 2.05) is 0 Å². The third-order valence-electron chi connectivity index (χ3n) is 3.64. The van der Waals surface area contributed by atoms with Gasteiger partial charge in [-0.25, -0.2) is 8.42 Å². The van der Waals surface area contributed by atoms with E-state index in [0.717, 1.165) is 11.3 Å². The minimum absolute atomic E-state index is 0.0220. The van der Waals surface area contributed by atoms with Crippen LogP contribution in [0.25, 0.3) is 0 Å². The van der Waals surface area contributed by atoms with Crippen LogP contribution < -0.4 is 5.32 Å². The Morgan fingerprint density at radius 2 is 1.89 bits per heavy atom. The van der Waals surface area contributed by atoms with Gasteiger partial charge in [0.15, 0.2) is 0 Å². The second-order valence-corrected chi connectivity index (χ2v) is 8.97. The number of hydrogen-bond donors (Lipinski definition) is 1. The molecule has 0 aromatic carbocycles. The second-order valence-electron chi connectivity index (χ2n) is 5.27. The quantitative estimate of drug-likeness (QED) is 0.848. The summed E-state index contributed by atoms with van der Waals surface area (Å²) in [6.45, 7) is 0. The summed E-state index contributed by atoms with van der Waals surface area (Å²) >= 11 is 0.979. The first-order chi connectivity index (χ1) is 8.95. The zero-order valence-electron chi connectivity index (χ0n) is 10.1. The summed E-state index contributed by atoms with van der Waals surface area (Å²) in [7, 11) is 1.51. The van der Waals surface area contributed by atoms with Gasteiger partial charge in [0.25, 0.3) is 15.0 Å². The van der Waals surface area contributed by atoms with E-state index in [0.29, 0.717) is 17.4 Å². The Labute approximate surface area is 120 Å². The Kier molecular flexibility index (Phi) is 3.35. The molecule has 7 heteroatoms. The van der Waals surface area contributed by atoms with Crippen molar-refractivity contribution >= 4 is 37.0 Å². The highest BCUT2D eigenvalue weighted by Gasteiger charge is 2.42. The molecule has 1 N–H and O–H groups in total. The fourth-order valence-corrected chi connectivity index (χ4v) is 4.28. The predicted octanol–water partition coefficient (Wildman–Crippen LogP) is 2.59. The van der Waals surface area contributed by atoms with Crippen molar-refractivity contribution in [2.45, 2.75) is 35.9 Å². The smallest absolute Gasteiger partial charge is 0.270 e. The summed E-state index contributed by atoms with van der Waals surface area (Å²) in [5.74, 6) is 1.05. The maximum atomic E-state index is 12.1. The first-order valence-electron chi connectivity index (χ1n) is 6.29. The highest BCUT2D eigenvalue weighted by molar-refractivity contribution is 8.15. The van der Waals surface area contributed by atoms with E-state index in [1.54, 1.807) is 5.38 Å². The molecule has 0 aliphatic heterocycles. The highest BCUT2D eigenvalue weighted by atomic mass is 35.7. The molecule has 104 valence electrons. The molecule has 2 fully saturated rings. The van der Waals surface area contributed by atoms with Gasteiger partial charge >= 0.3 is 0 Å². The molecule has 2 aliphatic rings. The molecule has 1 aromatic heterocycles. The normalized spacial score (nSPS) is 19.7. The Morgan fingerprint density at radius 1 is 1.32 bits per heavy atom. The van der Waals surface area contributed by atoms with Gasteiger partial charge in [0.05, 0.1) is 5.56 Å². The molecule has 1 heterocycles. The molecule has 0 unspecified atom stereocenters. The monoisotopic (exact) mass is 319 g/mol. The maximum Gasteiger partial charge on any atom is 0.270 e. The number of halogens is 1. The predicted molar refractivity (Wildman–Crippen MR) is 74.1 cm³/mol. The molecule has 0 saturated heterocycles. The van der Waals surface area contributed by atoms with Crippen LogP contribution in [0.4, 0.5) is 0 Å². The van der Waals surface area contributed by atoms with Crippen molar-refractivity contribution in [2.75, 3.05) is 0 Å². The number of carbonyl (C=O) groups is 1. The van der Waals surface area contributed by atoms with Gasteiger partial charge in [0.2, 0.25) is 0 Å². The summed E-state index contributed by atoms with van der Waals surface area (Å²) in [6, 6.07) is 1.61. The van der Waals surface area contributed by atoms with Gasteiger partial charge in [-0.1, -0.05) is 0 Å². The van der Waals surface area contributed by atoms with Crippen molar-refractivity contribution in [3.05, 3.63) is 17.0 Å². The summed E-state index contributed by atoms with van der Waals surface area (Å²) < 4.78 is 22.4. The number of amides is 1. The van der Waals surface area contributed by atoms with Crippen molar-refractivity contribution < 1.29 is 13.2 Å². The molecule has 19 heavy (non-hydrogen) atoms. The minimum atomic E-state index is -3.74. The van der Waals surface area contributed by atoms with Crippen LogP contribution in [-0.2, 0) is 9.05 Å². The summed E-state index contributed by atoms with van der Waals surface area (Å²) in [6.07, 6.45) is 4.75. The Balaban J connectivity index is 1.71. The molecule has 0 spiro atoms. The van der Waals surface area contributed by atoms with Crippen molar-refractivity contribution in [1.29, 1.82) is 0 Å². The zero-order valence-corrected chi connectivity index (χ0v) is 12.5. The average molecular weight is 320 g/mol. The van der Waals surface area contributed by atoms with Crippen molar-refractivity contribution in [1.82, 2.24) is 5.32 Å². The molecular weight excluding hydrogens is 306 g/mol. The fourth-order valence-electron chi connectivity index (χ4n) is 2.33. The van der Waals surface area contributed by atoms with Crippen molar-refractivity contribution in [2.24, 2.45) is 11.8 Å². The van der Waals surface area contributed by atoms with Gasteiger partial charge in [-0.3, -0.25) is 4.79 Å². The number of nitrogens with one attached hydrogen (secondary N) is 1. The average Bonchev–Trinajstić information content (AvgIpc) is 3.23. The maximum absolute atomic E-state index is 12.1. The number of rotatable bonds is 5.